The highest BCUT2D eigenvalue weighted by Crippen LogP contribution is 2.40. The molecule has 0 aromatic rings. The average molecular weight is 252 g/mol. The maximum absolute atomic E-state index is 6.03. The smallest absolute Gasteiger partial charge is 0.161 e. The second-order valence-corrected chi connectivity index (χ2v) is 5.98. The quantitative estimate of drug-likeness (QED) is 0.492. The minimum atomic E-state index is -0.0827. The van der Waals surface area contributed by atoms with E-state index in [0.29, 0.717) is 5.92 Å². The maximum Gasteiger partial charge on any atom is 0.161 e. The minimum Gasteiger partial charge on any atom is -0.349 e. The SMILES string of the molecule is CCCCCCC/C=C\[C@]12CCC(C)[C@H](OC1)O2. The van der Waals surface area contributed by atoms with Gasteiger partial charge in [0.05, 0.1) is 6.61 Å². The molecule has 1 unspecified atom stereocenters. The van der Waals surface area contributed by atoms with Crippen molar-refractivity contribution in [1.82, 2.24) is 0 Å². The van der Waals surface area contributed by atoms with Gasteiger partial charge in [-0.05, 0) is 25.7 Å². The molecule has 2 bridgehead atoms. The van der Waals surface area contributed by atoms with Gasteiger partial charge in [-0.25, -0.2) is 0 Å². The zero-order valence-corrected chi connectivity index (χ0v) is 12.0. The topological polar surface area (TPSA) is 18.5 Å². The Morgan fingerprint density at radius 3 is 2.89 bits per heavy atom. The molecule has 0 spiro atoms. The van der Waals surface area contributed by atoms with E-state index in [1.165, 1.54) is 44.9 Å². The van der Waals surface area contributed by atoms with Gasteiger partial charge in [-0.3, -0.25) is 0 Å². The predicted molar refractivity (Wildman–Crippen MR) is 74.5 cm³/mol. The molecule has 0 amide bonds. The van der Waals surface area contributed by atoms with Gasteiger partial charge >= 0.3 is 0 Å². The van der Waals surface area contributed by atoms with E-state index in [1.54, 1.807) is 0 Å². The molecule has 2 aliphatic rings. The van der Waals surface area contributed by atoms with E-state index in [2.05, 4.69) is 26.0 Å². The van der Waals surface area contributed by atoms with Crippen molar-refractivity contribution in [1.29, 1.82) is 0 Å². The van der Waals surface area contributed by atoms with E-state index in [-0.39, 0.29) is 11.9 Å². The minimum absolute atomic E-state index is 0.0490. The first kappa shape index (κ1) is 14.1. The number of rotatable bonds is 7. The molecule has 0 radical (unpaired) electrons. The fourth-order valence-electron chi connectivity index (χ4n) is 2.88. The third kappa shape index (κ3) is 3.58. The molecular formula is C16H28O2. The van der Waals surface area contributed by atoms with Gasteiger partial charge in [-0.2, -0.15) is 0 Å². The summed E-state index contributed by atoms with van der Waals surface area (Å²) in [6.45, 7) is 5.24. The standard InChI is InChI=1S/C16H28O2/c1-3-4-5-6-7-8-9-11-16-12-10-14(2)15(18-16)17-13-16/h9,11,14-15H,3-8,10,12-13H2,1-2H3/b11-9-/t14?,15-,16+/m1/s1. The first-order valence-electron chi connectivity index (χ1n) is 7.73. The molecule has 0 aromatic carbocycles. The lowest BCUT2D eigenvalue weighted by molar-refractivity contribution is -0.134. The van der Waals surface area contributed by atoms with Crippen LogP contribution >= 0.6 is 0 Å². The van der Waals surface area contributed by atoms with Gasteiger partial charge in [0, 0.05) is 5.92 Å². The number of hydrogen-bond acceptors (Lipinski definition) is 2. The Morgan fingerprint density at radius 2 is 2.06 bits per heavy atom. The fraction of sp³-hybridized carbons (Fsp3) is 0.875. The highest BCUT2D eigenvalue weighted by atomic mass is 16.7. The first-order valence-corrected chi connectivity index (χ1v) is 7.73. The predicted octanol–water partition coefficient (Wildman–Crippen LogP) is 4.44. The van der Waals surface area contributed by atoms with Gasteiger partial charge in [-0.1, -0.05) is 51.7 Å². The molecule has 0 saturated carbocycles. The fourth-order valence-corrected chi connectivity index (χ4v) is 2.88. The van der Waals surface area contributed by atoms with Crippen LogP contribution in [0.2, 0.25) is 0 Å². The molecular weight excluding hydrogens is 224 g/mol. The molecule has 2 rings (SSSR count). The number of fused-ring (bicyclic) bond motifs is 2. The van der Waals surface area contributed by atoms with Crippen molar-refractivity contribution >= 4 is 0 Å². The summed E-state index contributed by atoms with van der Waals surface area (Å²) in [5.41, 5.74) is -0.0827. The summed E-state index contributed by atoms with van der Waals surface area (Å²) in [6.07, 6.45) is 14.9. The molecule has 2 nitrogen and oxygen atoms in total. The number of unbranched alkanes of at least 4 members (excludes halogenated alkanes) is 5. The third-order valence-electron chi connectivity index (χ3n) is 4.23. The van der Waals surface area contributed by atoms with Gasteiger partial charge in [-0.15, -0.1) is 0 Å². The molecule has 2 aliphatic heterocycles. The van der Waals surface area contributed by atoms with E-state index in [0.717, 1.165) is 13.0 Å². The molecule has 0 aromatic heterocycles. The zero-order valence-electron chi connectivity index (χ0n) is 12.0. The van der Waals surface area contributed by atoms with Crippen molar-refractivity contribution in [2.75, 3.05) is 6.61 Å². The van der Waals surface area contributed by atoms with Crippen LogP contribution in [0.15, 0.2) is 12.2 Å². The number of ether oxygens (including phenoxy) is 2. The van der Waals surface area contributed by atoms with Crippen molar-refractivity contribution in [3.05, 3.63) is 12.2 Å². The van der Waals surface area contributed by atoms with Gasteiger partial charge in [0.25, 0.3) is 0 Å². The Bertz CT molecular complexity index is 274. The average Bonchev–Trinajstić information content (AvgIpc) is 2.74. The second-order valence-electron chi connectivity index (χ2n) is 5.98. The van der Waals surface area contributed by atoms with Crippen LogP contribution in [-0.2, 0) is 9.47 Å². The molecule has 0 N–H and O–H groups in total. The third-order valence-corrected chi connectivity index (χ3v) is 4.23. The van der Waals surface area contributed by atoms with Crippen LogP contribution in [0.3, 0.4) is 0 Å². The van der Waals surface area contributed by atoms with Gasteiger partial charge < -0.3 is 9.47 Å². The van der Waals surface area contributed by atoms with Crippen LogP contribution in [0.4, 0.5) is 0 Å². The monoisotopic (exact) mass is 252 g/mol. The summed E-state index contributed by atoms with van der Waals surface area (Å²) in [4.78, 5) is 0. The molecule has 0 aliphatic carbocycles. The van der Waals surface area contributed by atoms with Crippen molar-refractivity contribution in [2.45, 2.75) is 77.1 Å². The highest BCUT2D eigenvalue weighted by Gasteiger charge is 2.45. The van der Waals surface area contributed by atoms with E-state index in [4.69, 9.17) is 9.47 Å². The van der Waals surface area contributed by atoms with Crippen LogP contribution in [-0.4, -0.2) is 18.5 Å². The van der Waals surface area contributed by atoms with Crippen LogP contribution in [0.25, 0.3) is 0 Å². The van der Waals surface area contributed by atoms with Gasteiger partial charge in [0.2, 0.25) is 0 Å². The van der Waals surface area contributed by atoms with Crippen molar-refractivity contribution < 1.29 is 9.47 Å². The van der Waals surface area contributed by atoms with E-state index in [1.807, 2.05) is 0 Å². The Morgan fingerprint density at radius 1 is 1.22 bits per heavy atom. The zero-order chi connectivity index (χ0) is 12.8. The molecule has 18 heavy (non-hydrogen) atoms. The second kappa shape index (κ2) is 6.72. The molecule has 104 valence electrons. The van der Waals surface area contributed by atoms with Crippen LogP contribution in [0.5, 0.6) is 0 Å². The Balaban J connectivity index is 1.66. The summed E-state index contributed by atoms with van der Waals surface area (Å²) >= 11 is 0. The van der Waals surface area contributed by atoms with E-state index >= 15 is 0 Å². The van der Waals surface area contributed by atoms with Crippen molar-refractivity contribution in [3.8, 4) is 0 Å². The summed E-state index contributed by atoms with van der Waals surface area (Å²) in [7, 11) is 0. The summed E-state index contributed by atoms with van der Waals surface area (Å²) in [5, 5.41) is 0. The highest BCUT2D eigenvalue weighted by molar-refractivity contribution is 5.07. The molecule has 2 saturated heterocycles. The van der Waals surface area contributed by atoms with Gasteiger partial charge in [0.15, 0.2) is 6.29 Å². The lowest BCUT2D eigenvalue weighted by Gasteiger charge is -2.31. The molecule has 3 atom stereocenters. The summed E-state index contributed by atoms with van der Waals surface area (Å²) < 4.78 is 11.8. The Kier molecular flexibility index (Phi) is 5.25. The Hall–Kier alpha value is -0.340. The first-order chi connectivity index (χ1) is 8.76. The summed E-state index contributed by atoms with van der Waals surface area (Å²) in [5.74, 6) is 0.558. The molecule has 2 heteroatoms. The number of allylic oxidation sites excluding steroid dienone is 1. The molecule has 2 fully saturated rings. The van der Waals surface area contributed by atoms with Crippen LogP contribution in [0.1, 0.15) is 65.2 Å². The van der Waals surface area contributed by atoms with Crippen molar-refractivity contribution in [3.63, 3.8) is 0 Å². The normalized spacial score (nSPS) is 35.4. The largest absolute Gasteiger partial charge is 0.349 e. The van der Waals surface area contributed by atoms with E-state index < -0.39 is 0 Å². The van der Waals surface area contributed by atoms with Crippen LogP contribution in [0, 0.1) is 5.92 Å². The lowest BCUT2D eigenvalue weighted by atomic mass is 9.90. The maximum atomic E-state index is 6.03. The molecule has 2 heterocycles. The van der Waals surface area contributed by atoms with Crippen LogP contribution < -0.4 is 0 Å². The lowest BCUT2D eigenvalue weighted by Crippen LogP contribution is -2.36. The Labute approximate surface area is 112 Å². The van der Waals surface area contributed by atoms with Gasteiger partial charge in [0.1, 0.15) is 5.60 Å². The summed E-state index contributed by atoms with van der Waals surface area (Å²) in [6, 6.07) is 0. The van der Waals surface area contributed by atoms with E-state index in [9.17, 15) is 0 Å². The van der Waals surface area contributed by atoms with Crippen molar-refractivity contribution in [2.24, 2.45) is 5.92 Å². The number of hydrogen-bond donors (Lipinski definition) is 0.